The lowest BCUT2D eigenvalue weighted by Gasteiger charge is -2.34. The summed E-state index contributed by atoms with van der Waals surface area (Å²) >= 11 is 0. The van der Waals surface area contributed by atoms with E-state index in [1.807, 2.05) is 56.3 Å². The van der Waals surface area contributed by atoms with Crippen molar-refractivity contribution in [1.29, 1.82) is 0 Å². The van der Waals surface area contributed by atoms with Gasteiger partial charge in [0.15, 0.2) is 0 Å². The van der Waals surface area contributed by atoms with Crippen LogP contribution in [0.15, 0.2) is 54.6 Å². The number of hydrogen-bond donors (Lipinski definition) is 3. The van der Waals surface area contributed by atoms with Crippen molar-refractivity contribution in [3.63, 3.8) is 0 Å². The number of nitrogen functional groups attached to an aromatic ring is 1. The van der Waals surface area contributed by atoms with E-state index in [-0.39, 0.29) is 18.0 Å². The highest BCUT2D eigenvalue weighted by Gasteiger charge is 2.24. The number of para-hydroxylation sites is 1. The molecular weight excluding hydrogens is 448 g/mol. The monoisotopic (exact) mass is 486 g/mol. The molecule has 6 nitrogen and oxygen atoms in total. The van der Waals surface area contributed by atoms with Crippen molar-refractivity contribution in [2.75, 3.05) is 29.0 Å². The van der Waals surface area contributed by atoms with Gasteiger partial charge >= 0.3 is 0 Å². The van der Waals surface area contributed by atoms with Crippen LogP contribution in [0.2, 0.25) is 0 Å². The number of nitrogens with two attached hydrogens (primary N) is 1. The van der Waals surface area contributed by atoms with E-state index in [0.29, 0.717) is 0 Å². The van der Waals surface area contributed by atoms with Crippen LogP contribution in [-0.2, 0) is 4.79 Å². The van der Waals surface area contributed by atoms with E-state index in [0.717, 1.165) is 59.9 Å². The van der Waals surface area contributed by atoms with Gasteiger partial charge in [0.1, 0.15) is 17.5 Å². The van der Waals surface area contributed by atoms with Gasteiger partial charge < -0.3 is 26.0 Å². The van der Waals surface area contributed by atoms with Crippen LogP contribution in [0.25, 0.3) is 0 Å². The molecule has 1 aliphatic heterocycles. The van der Waals surface area contributed by atoms with Crippen molar-refractivity contribution in [1.82, 2.24) is 5.32 Å². The second-order valence-electron chi connectivity index (χ2n) is 9.83. The molecule has 0 aliphatic carbocycles. The van der Waals surface area contributed by atoms with Gasteiger partial charge in [-0.2, -0.15) is 0 Å². The number of rotatable bonds is 7. The third-order valence-electron chi connectivity index (χ3n) is 7.51. The number of benzene rings is 3. The van der Waals surface area contributed by atoms with Crippen molar-refractivity contribution in [2.45, 2.75) is 59.5 Å². The van der Waals surface area contributed by atoms with E-state index < -0.39 is 0 Å². The van der Waals surface area contributed by atoms with Gasteiger partial charge in [-0.05, 0) is 106 Å². The van der Waals surface area contributed by atoms with Gasteiger partial charge in [0.2, 0.25) is 5.91 Å². The van der Waals surface area contributed by atoms with E-state index in [1.165, 1.54) is 16.8 Å². The number of carbonyl (C=O) groups excluding carboxylic acids is 1. The third kappa shape index (κ3) is 5.59. The highest BCUT2D eigenvalue weighted by molar-refractivity contribution is 5.87. The quantitative estimate of drug-likeness (QED) is 0.364. The molecule has 1 saturated heterocycles. The maximum Gasteiger partial charge on any atom is 0.242 e. The molecule has 3 aromatic rings. The Labute approximate surface area is 214 Å². The molecule has 36 heavy (non-hydrogen) atoms. The molecule has 1 heterocycles. The van der Waals surface area contributed by atoms with Gasteiger partial charge in [-0.15, -0.1) is 0 Å². The SMILES string of the molecule is Cc1c(C)c(C)c(NC(C)C(=O)NC2CCN(c3ccc(Oc4ccccc4)cc3)CC2)c(N)c1C. The minimum Gasteiger partial charge on any atom is -0.457 e. The summed E-state index contributed by atoms with van der Waals surface area (Å²) in [5.41, 5.74) is 13.8. The summed E-state index contributed by atoms with van der Waals surface area (Å²) in [7, 11) is 0. The Morgan fingerprint density at radius 2 is 1.47 bits per heavy atom. The van der Waals surface area contributed by atoms with Crippen LogP contribution in [-0.4, -0.2) is 31.1 Å². The Hall–Kier alpha value is -3.67. The van der Waals surface area contributed by atoms with Gasteiger partial charge in [0, 0.05) is 24.8 Å². The van der Waals surface area contributed by atoms with Crippen LogP contribution in [0.5, 0.6) is 11.5 Å². The van der Waals surface area contributed by atoms with Gasteiger partial charge in [-0.1, -0.05) is 18.2 Å². The number of piperidine rings is 1. The van der Waals surface area contributed by atoms with E-state index in [4.69, 9.17) is 10.5 Å². The normalized spacial score (nSPS) is 14.9. The number of amides is 1. The van der Waals surface area contributed by atoms with E-state index in [2.05, 4.69) is 48.4 Å². The number of hydrogen-bond acceptors (Lipinski definition) is 5. The van der Waals surface area contributed by atoms with Crippen molar-refractivity contribution in [3.8, 4) is 11.5 Å². The highest BCUT2D eigenvalue weighted by Crippen LogP contribution is 2.33. The summed E-state index contributed by atoms with van der Waals surface area (Å²) in [5.74, 6) is 1.66. The Morgan fingerprint density at radius 1 is 0.889 bits per heavy atom. The smallest absolute Gasteiger partial charge is 0.242 e. The fourth-order valence-corrected chi connectivity index (χ4v) is 4.77. The Balaban J connectivity index is 1.29. The zero-order valence-corrected chi connectivity index (χ0v) is 22.0. The van der Waals surface area contributed by atoms with Crippen LogP contribution in [0.1, 0.15) is 42.0 Å². The zero-order chi connectivity index (χ0) is 25.8. The van der Waals surface area contributed by atoms with Crippen molar-refractivity contribution in [3.05, 3.63) is 76.9 Å². The average Bonchev–Trinajstić information content (AvgIpc) is 2.90. The summed E-state index contributed by atoms with van der Waals surface area (Å²) in [6.07, 6.45) is 1.81. The molecule has 0 aromatic heterocycles. The van der Waals surface area contributed by atoms with E-state index in [9.17, 15) is 4.79 Å². The molecule has 0 radical (unpaired) electrons. The molecule has 1 amide bonds. The van der Waals surface area contributed by atoms with E-state index >= 15 is 0 Å². The second-order valence-corrected chi connectivity index (χ2v) is 9.83. The lowest BCUT2D eigenvalue weighted by atomic mass is 9.95. The van der Waals surface area contributed by atoms with Crippen molar-refractivity contribution < 1.29 is 9.53 Å². The molecule has 190 valence electrons. The Bertz CT molecular complexity index is 1170. The molecule has 0 bridgehead atoms. The van der Waals surface area contributed by atoms with Gasteiger partial charge in [0.25, 0.3) is 0 Å². The summed E-state index contributed by atoms with van der Waals surface area (Å²) in [6, 6.07) is 17.8. The van der Waals surface area contributed by atoms with E-state index in [1.54, 1.807) is 0 Å². The van der Waals surface area contributed by atoms with Crippen molar-refractivity contribution in [2.24, 2.45) is 0 Å². The molecule has 0 saturated carbocycles. The van der Waals surface area contributed by atoms with Gasteiger partial charge in [-0.25, -0.2) is 0 Å². The topological polar surface area (TPSA) is 79.6 Å². The molecule has 1 fully saturated rings. The minimum absolute atomic E-state index is 0.00513. The molecule has 0 spiro atoms. The molecule has 4 rings (SSSR count). The summed E-state index contributed by atoms with van der Waals surface area (Å²) < 4.78 is 5.90. The van der Waals surface area contributed by atoms with Crippen LogP contribution >= 0.6 is 0 Å². The molecule has 1 atom stereocenters. The van der Waals surface area contributed by atoms with Gasteiger partial charge in [0.05, 0.1) is 11.4 Å². The van der Waals surface area contributed by atoms with Crippen LogP contribution in [0.3, 0.4) is 0 Å². The lowest BCUT2D eigenvalue weighted by Crippen LogP contribution is -2.48. The average molecular weight is 487 g/mol. The van der Waals surface area contributed by atoms with Gasteiger partial charge in [-0.3, -0.25) is 4.79 Å². The zero-order valence-electron chi connectivity index (χ0n) is 22.0. The molecular formula is C30H38N4O2. The maximum atomic E-state index is 13.0. The standard InChI is InChI=1S/C30H38N4O2/c1-19-20(2)22(4)29(28(31)21(19)3)32-23(5)30(35)33-24-15-17-34(18-16-24)25-11-13-27(14-12-25)36-26-9-7-6-8-10-26/h6-14,23-24,32H,15-18,31H2,1-5H3,(H,33,35). The lowest BCUT2D eigenvalue weighted by molar-refractivity contribution is -0.122. The maximum absolute atomic E-state index is 13.0. The first-order valence-corrected chi connectivity index (χ1v) is 12.7. The predicted molar refractivity (Wildman–Crippen MR) is 149 cm³/mol. The molecule has 1 aliphatic rings. The van der Waals surface area contributed by atoms with Crippen LogP contribution in [0.4, 0.5) is 17.1 Å². The molecule has 4 N–H and O–H groups in total. The number of nitrogens with zero attached hydrogens (tertiary/aromatic N) is 1. The van der Waals surface area contributed by atoms with Crippen LogP contribution < -0.4 is 26.0 Å². The summed E-state index contributed by atoms with van der Waals surface area (Å²) in [6.45, 7) is 12.0. The second kappa shape index (κ2) is 10.9. The van der Waals surface area contributed by atoms with Crippen molar-refractivity contribution >= 4 is 23.0 Å². The summed E-state index contributed by atoms with van der Waals surface area (Å²) in [4.78, 5) is 15.3. The fourth-order valence-electron chi connectivity index (χ4n) is 4.77. The first kappa shape index (κ1) is 25.4. The largest absolute Gasteiger partial charge is 0.457 e. The highest BCUT2D eigenvalue weighted by atomic mass is 16.5. The molecule has 3 aromatic carbocycles. The molecule has 1 unspecified atom stereocenters. The number of ether oxygens (including phenoxy) is 1. The predicted octanol–water partition coefficient (Wildman–Crippen LogP) is 5.88. The Morgan fingerprint density at radius 3 is 2.11 bits per heavy atom. The molecule has 6 heteroatoms. The minimum atomic E-state index is -0.373. The summed E-state index contributed by atoms with van der Waals surface area (Å²) in [5, 5.41) is 6.61. The third-order valence-corrected chi connectivity index (χ3v) is 7.51. The first-order valence-electron chi connectivity index (χ1n) is 12.7. The number of carbonyl (C=O) groups is 1. The number of nitrogens with one attached hydrogen (secondary N) is 2. The first-order chi connectivity index (χ1) is 17.2. The fraction of sp³-hybridized carbons (Fsp3) is 0.367. The number of anilines is 3. The van der Waals surface area contributed by atoms with Crippen LogP contribution in [0, 0.1) is 27.7 Å². The Kier molecular flexibility index (Phi) is 7.73.